The van der Waals surface area contributed by atoms with Gasteiger partial charge in [0, 0.05) is 24.9 Å². The summed E-state index contributed by atoms with van der Waals surface area (Å²) in [5.74, 6) is -2.81. The minimum atomic E-state index is -3.92. The zero-order valence-electron chi connectivity index (χ0n) is 17.0. The topological polar surface area (TPSA) is 108 Å². The molecule has 9 nitrogen and oxygen atoms in total. The summed E-state index contributed by atoms with van der Waals surface area (Å²) in [4.78, 5) is 27.4. The van der Waals surface area contributed by atoms with E-state index in [1.807, 2.05) is 18.7 Å². The molecule has 0 spiro atoms. The maximum absolute atomic E-state index is 12.9. The Morgan fingerprint density at radius 2 is 1.86 bits per heavy atom. The Morgan fingerprint density at radius 1 is 1.17 bits per heavy atom. The molecule has 7 unspecified atom stereocenters. The fraction of sp³-hybridized carbons (Fsp3) is 0.895. The Labute approximate surface area is 171 Å². The van der Waals surface area contributed by atoms with E-state index in [2.05, 4.69) is 0 Å². The van der Waals surface area contributed by atoms with Crippen molar-refractivity contribution >= 4 is 22.1 Å². The van der Waals surface area contributed by atoms with Gasteiger partial charge in [0.2, 0.25) is 6.29 Å². The second kappa shape index (κ2) is 7.79. The van der Waals surface area contributed by atoms with Gasteiger partial charge in [0.1, 0.15) is 17.5 Å². The van der Waals surface area contributed by atoms with Gasteiger partial charge in [-0.3, -0.25) is 18.7 Å². The highest BCUT2D eigenvalue weighted by atomic mass is 32.2. The number of hydrogen-bond donors (Lipinski definition) is 0. The van der Waals surface area contributed by atoms with Crippen molar-refractivity contribution in [3.8, 4) is 0 Å². The van der Waals surface area contributed by atoms with Crippen molar-refractivity contribution in [2.45, 2.75) is 56.9 Å². The van der Waals surface area contributed by atoms with E-state index >= 15 is 0 Å². The molecule has 29 heavy (non-hydrogen) atoms. The molecule has 0 aromatic carbocycles. The number of methoxy groups -OCH3 is 1. The number of likely N-dealkylation sites (tertiary alicyclic amines) is 1. The minimum Gasteiger partial charge on any atom is -0.458 e. The molecule has 0 amide bonds. The first-order valence-corrected chi connectivity index (χ1v) is 11.8. The van der Waals surface area contributed by atoms with E-state index in [-0.39, 0.29) is 18.4 Å². The van der Waals surface area contributed by atoms with E-state index in [0.717, 1.165) is 25.9 Å². The molecular weight excluding hydrogens is 402 g/mol. The first-order valence-electron chi connectivity index (χ1n) is 10.3. The van der Waals surface area contributed by atoms with Crippen LogP contribution in [-0.2, 0) is 38.1 Å². The fourth-order valence-corrected chi connectivity index (χ4v) is 7.47. The number of hydrogen-bond acceptors (Lipinski definition) is 9. The van der Waals surface area contributed by atoms with Crippen LogP contribution < -0.4 is 0 Å². The van der Waals surface area contributed by atoms with Crippen LogP contribution in [0.3, 0.4) is 0 Å². The average Bonchev–Trinajstić information content (AvgIpc) is 3.38. The Bertz CT molecular complexity index is 762. The van der Waals surface area contributed by atoms with Crippen LogP contribution in [0.4, 0.5) is 0 Å². The van der Waals surface area contributed by atoms with Crippen molar-refractivity contribution in [2.75, 3.05) is 26.7 Å². The third kappa shape index (κ3) is 3.68. The van der Waals surface area contributed by atoms with Crippen molar-refractivity contribution in [1.82, 2.24) is 4.90 Å². The number of rotatable bonds is 7. The number of carbonyl (C=O) groups excluding carboxylic acids is 2. The summed E-state index contributed by atoms with van der Waals surface area (Å²) >= 11 is 0. The van der Waals surface area contributed by atoms with Gasteiger partial charge in [-0.1, -0.05) is 13.8 Å². The lowest BCUT2D eigenvalue weighted by Crippen LogP contribution is -2.47. The molecule has 2 aliphatic carbocycles. The van der Waals surface area contributed by atoms with Gasteiger partial charge in [-0.15, -0.1) is 0 Å². The molecule has 0 radical (unpaired) electrons. The van der Waals surface area contributed by atoms with Crippen LogP contribution >= 0.6 is 0 Å². The largest absolute Gasteiger partial charge is 0.458 e. The molecule has 4 rings (SSSR count). The first-order chi connectivity index (χ1) is 13.7. The molecule has 2 heterocycles. The second-order valence-electron chi connectivity index (χ2n) is 8.83. The molecular formula is C19H29NO8S. The molecule has 0 N–H and O–H groups in total. The summed E-state index contributed by atoms with van der Waals surface area (Å²) in [6.07, 6.45) is 0.356. The Kier molecular flexibility index (Phi) is 5.65. The van der Waals surface area contributed by atoms with Crippen LogP contribution in [0, 0.1) is 23.7 Å². The lowest BCUT2D eigenvalue weighted by molar-refractivity contribution is -0.191. The fourth-order valence-electron chi connectivity index (χ4n) is 5.42. The van der Waals surface area contributed by atoms with Crippen molar-refractivity contribution < 1.29 is 36.4 Å². The zero-order chi connectivity index (χ0) is 20.9. The van der Waals surface area contributed by atoms with Crippen molar-refractivity contribution in [3.05, 3.63) is 0 Å². The maximum atomic E-state index is 12.9. The highest BCUT2D eigenvalue weighted by Crippen LogP contribution is 2.58. The third-order valence-electron chi connectivity index (χ3n) is 6.63. The van der Waals surface area contributed by atoms with E-state index in [1.165, 1.54) is 7.11 Å². The molecule has 2 aliphatic heterocycles. The van der Waals surface area contributed by atoms with Crippen molar-refractivity contribution in [1.29, 1.82) is 0 Å². The summed E-state index contributed by atoms with van der Waals surface area (Å²) in [7, 11) is -2.49. The van der Waals surface area contributed by atoms with Gasteiger partial charge in [-0.25, -0.2) is 0 Å². The van der Waals surface area contributed by atoms with Crippen molar-refractivity contribution in [2.24, 2.45) is 23.7 Å². The number of ether oxygens (including phenoxy) is 3. The molecule has 4 fully saturated rings. The molecule has 4 aliphatic rings. The molecule has 0 aromatic heterocycles. The van der Waals surface area contributed by atoms with Gasteiger partial charge in [0.15, 0.2) is 0 Å². The maximum Gasteiger partial charge on any atom is 0.320 e. The number of nitrogens with zero attached hydrogens (tertiary/aromatic N) is 1. The Balaban J connectivity index is 1.50. The number of esters is 2. The predicted octanol–water partition coefficient (Wildman–Crippen LogP) is 0.529. The predicted molar refractivity (Wildman–Crippen MR) is 99.9 cm³/mol. The van der Waals surface area contributed by atoms with E-state index in [4.69, 9.17) is 18.4 Å². The van der Waals surface area contributed by atoms with Gasteiger partial charge >= 0.3 is 11.9 Å². The zero-order valence-corrected chi connectivity index (χ0v) is 17.8. The van der Waals surface area contributed by atoms with E-state index in [0.29, 0.717) is 6.42 Å². The Hall–Kier alpha value is -1.23. The highest BCUT2D eigenvalue weighted by molar-refractivity contribution is 7.87. The van der Waals surface area contributed by atoms with E-state index in [9.17, 15) is 18.0 Å². The van der Waals surface area contributed by atoms with Gasteiger partial charge in [0.05, 0.1) is 12.5 Å². The number of carbonyl (C=O) groups is 2. The smallest absolute Gasteiger partial charge is 0.320 e. The van der Waals surface area contributed by atoms with Gasteiger partial charge in [-0.05, 0) is 32.4 Å². The molecule has 2 saturated carbocycles. The van der Waals surface area contributed by atoms with Gasteiger partial charge < -0.3 is 14.2 Å². The van der Waals surface area contributed by atoms with Crippen LogP contribution in [0.2, 0.25) is 0 Å². The summed E-state index contributed by atoms with van der Waals surface area (Å²) in [6.45, 7) is 5.56. The molecule has 7 atom stereocenters. The van der Waals surface area contributed by atoms with Crippen LogP contribution in [0.25, 0.3) is 0 Å². The second-order valence-corrected chi connectivity index (χ2v) is 10.6. The van der Waals surface area contributed by atoms with Crippen LogP contribution in [0.1, 0.15) is 33.1 Å². The highest BCUT2D eigenvalue weighted by Gasteiger charge is 2.72. The van der Waals surface area contributed by atoms with Gasteiger partial charge in [0.25, 0.3) is 10.1 Å². The van der Waals surface area contributed by atoms with E-state index in [1.54, 1.807) is 0 Å². The Morgan fingerprint density at radius 3 is 2.48 bits per heavy atom. The molecule has 2 bridgehead atoms. The minimum absolute atomic E-state index is 0.0826. The standard InChI is InChI=1S/C19H29NO8S/c1-10(2)19(25-3)27-18(22)14-11-8-12-16(28-29(23,24)17(12)14)15(11)26-13(21)9-20-6-4-5-7-20/h10-12,14-17,19H,4-9H2,1-3H3. The summed E-state index contributed by atoms with van der Waals surface area (Å²) in [5.41, 5.74) is 0. The normalized spacial score (nSPS) is 38.5. The first kappa shape index (κ1) is 21.0. The van der Waals surface area contributed by atoms with Crippen molar-refractivity contribution in [3.63, 3.8) is 0 Å². The average molecular weight is 432 g/mol. The van der Waals surface area contributed by atoms with Crippen LogP contribution in [-0.4, -0.2) is 75.7 Å². The molecule has 10 heteroatoms. The number of fused-ring (bicyclic) bond motifs is 1. The van der Waals surface area contributed by atoms with Crippen LogP contribution in [0.15, 0.2) is 0 Å². The van der Waals surface area contributed by atoms with E-state index < -0.39 is 57.6 Å². The van der Waals surface area contributed by atoms with Gasteiger partial charge in [-0.2, -0.15) is 8.42 Å². The monoisotopic (exact) mass is 431 g/mol. The summed E-state index contributed by atoms with van der Waals surface area (Å²) < 4.78 is 46.8. The third-order valence-corrected chi connectivity index (χ3v) is 8.43. The summed E-state index contributed by atoms with van der Waals surface area (Å²) in [5, 5.41) is -0.941. The lowest BCUT2D eigenvalue weighted by Gasteiger charge is -2.31. The molecule has 164 valence electrons. The SMILES string of the molecule is COC(OC(=O)C1C2CC3C(OS(=O)(=O)C31)C2OC(=O)CN1CCCC1)C(C)C. The molecule has 0 aromatic rings. The lowest BCUT2D eigenvalue weighted by atomic mass is 9.84. The van der Waals surface area contributed by atoms with Crippen LogP contribution in [0.5, 0.6) is 0 Å². The quantitative estimate of drug-likeness (QED) is 0.324. The summed E-state index contributed by atoms with van der Waals surface area (Å²) in [6, 6.07) is 0. The molecule has 2 saturated heterocycles.